The van der Waals surface area contributed by atoms with Gasteiger partial charge in [-0.2, -0.15) is 0 Å². The predicted octanol–water partition coefficient (Wildman–Crippen LogP) is 3.16. The summed E-state index contributed by atoms with van der Waals surface area (Å²) in [7, 11) is 2.18. The number of rotatable bonds is 4. The maximum atomic E-state index is 5.86. The van der Waals surface area contributed by atoms with E-state index in [2.05, 4.69) is 48.3 Å². The summed E-state index contributed by atoms with van der Waals surface area (Å²) in [6.07, 6.45) is 2.45. The molecule has 1 aliphatic rings. The van der Waals surface area contributed by atoms with E-state index in [-0.39, 0.29) is 0 Å². The van der Waals surface area contributed by atoms with Crippen LogP contribution in [0.2, 0.25) is 0 Å². The second kappa shape index (κ2) is 6.46. The van der Waals surface area contributed by atoms with E-state index < -0.39 is 0 Å². The highest BCUT2D eigenvalue weighted by Gasteiger charge is 2.17. The number of nitrogens with two attached hydrogens (primary N) is 1. The van der Waals surface area contributed by atoms with Crippen LogP contribution in [-0.2, 0) is 11.3 Å². The first kappa shape index (κ1) is 14.4. The molecule has 2 aromatic carbocycles. The van der Waals surface area contributed by atoms with Crippen molar-refractivity contribution in [1.82, 2.24) is 0 Å². The van der Waals surface area contributed by atoms with Crippen molar-refractivity contribution in [1.29, 1.82) is 0 Å². The lowest BCUT2D eigenvalue weighted by molar-refractivity contribution is 0.0576. The fourth-order valence-corrected chi connectivity index (χ4v) is 3.29. The van der Waals surface area contributed by atoms with Gasteiger partial charge in [0.1, 0.15) is 0 Å². The van der Waals surface area contributed by atoms with Gasteiger partial charge in [0, 0.05) is 37.8 Å². The van der Waals surface area contributed by atoms with Crippen molar-refractivity contribution in [2.24, 2.45) is 11.7 Å². The van der Waals surface area contributed by atoms with Crippen LogP contribution in [0.5, 0.6) is 0 Å². The Morgan fingerprint density at radius 3 is 2.71 bits per heavy atom. The second-order valence-electron chi connectivity index (χ2n) is 5.96. The van der Waals surface area contributed by atoms with Gasteiger partial charge in [-0.25, -0.2) is 0 Å². The van der Waals surface area contributed by atoms with Crippen molar-refractivity contribution >= 4 is 16.5 Å². The molecule has 0 radical (unpaired) electrons. The molecular weight excluding hydrogens is 260 g/mol. The Morgan fingerprint density at radius 1 is 1.19 bits per heavy atom. The molecule has 3 heteroatoms. The minimum atomic E-state index is 0.584. The molecule has 21 heavy (non-hydrogen) atoms. The largest absolute Gasteiger partial charge is 0.381 e. The monoisotopic (exact) mass is 284 g/mol. The first-order chi connectivity index (χ1) is 10.3. The Hall–Kier alpha value is -1.58. The Morgan fingerprint density at radius 2 is 2.00 bits per heavy atom. The van der Waals surface area contributed by atoms with Gasteiger partial charge in [-0.15, -0.1) is 0 Å². The summed E-state index contributed by atoms with van der Waals surface area (Å²) in [4.78, 5) is 2.36. The third kappa shape index (κ3) is 3.04. The summed E-state index contributed by atoms with van der Waals surface area (Å²) in [6.45, 7) is 3.45. The topological polar surface area (TPSA) is 38.5 Å². The molecule has 1 saturated heterocycles. The van der Waals surface area contributed by atoms with E-state index in [1.165, 1.54) is 34.9 Å². The summed E-state index contributed by atoms with van der Waals surface area (Å²) >= 11 is 0. The zero-order valence-electron chi connectivity index (χ0n) is 12.7. The third-order valence-corrected chi connectivity index (χ3v) is 4.41. The van der Waals surface area contributed by atoms with Crippen molar-refractivity contribution in [3.63, 3.8) is 0 Å². The molecule has 1 fully saturated rings. The van der Waals surface area contributed by atoms with Gasteiger partial charge in [0.05, 0.1) is 6.61 Å². The number of fused-ring (bicyclic) bond motifs is 1. The summed E-state index contributed by atoms with van der Waals surface area (Å²) in [5.41, 5.74) is 8.36. The molecule has 112 valence electrons. The number of nitrogens with zero attached hydrogens (tertiary/aromatic N) is 1. The molecule has 0 spiro atoms. The van der Waals surface area contributed by atoms with Crippen LogP contribution >= 0.6 is 0 Å². The van der Waals surface area contributed by atoms with Gasteiger partial charge in [0.15, 0.2) is 0 Å². The molecule has 0 bridgehead atoms. The van der Waals surface area contributed by atoms with E-state index >= 15 is 0 Å². The highest BCUT2D eigenvalue weighted by Crippen LogP contribution is 2.30. The predicted molar refractivity (Wildman–Crippen MR) is 88.7 cm³/mol. The van der Waals surface area contributed by atoms with Crippen molar-refractivity contribution in [2.75, 3.05) is 31.7 Å². The van der Waals surface area contributed by atoms with E-state index in [9.17, 15) is 0 Å². The smallest absolute Gasteiger partial charge is 0.0511 e. The first-order valence-electron chi connectivity index (χ1n) is 7.79. The van der Waals surface area contributed by atoms with Crippen LogP contribution in [0, 0.1) is 5.92 Å². The van der Waals surface area contributed by atoms with E-state index in [1.807, 2.05) is 0 Å². The first-order valence-corrected chi connectivity index (χ1v) is 7.79. The van der Waals surface area contributed by atoms with Gasteiger partial charge in [0.25, 0.3) is 0 Å². The molecule has 2 aromatic rings. The third-order valence-electron chi connectivity index (χ3n) is 4.41. The fourth-order valence-electron chi connectivity index (χ4n) is 3.29. The molecule has 1 heterocycles. The number of benzene rings is 2. The van der Waals surface area contributed by atoms with Gasteiger partial charge < -0.3 is 15.4 Å². The van der Waals surface area contributed by atoms with Gasteiger partial charge in [0.2, 0.25) is 0 Å². The van der Waals surface area contributed by atoms with Crippen LogP contribution < -0.4 is 10.6 Å². The summed E-state index contributed by atoms with van der Waals surface area (Å²) in [5.74, 6) is 0.636. The highest BCUT2D eigenvalue weighted by molar-refractivity contribution is 5.96. The molecular formula is C18H24N2O. The summed E-state index contributed by atoms with van der Waals surface area (Å²) < 4.78 is 5.60. The van der Waals surface area contributed by atoms with Crippen molar-refractivity contribution < 1.29 is 4.74 Å². The minimum absolute atomic E-state index is 0.584. The minimum Gasteiger partial charge on any atom is -0.381 e. The molecule has 3 rings (SSSR count). The van der Waals surface area contributed by atoms with Crippen LogP contribution in [0.15, 0.2) is 36.4 Å². The van der Waals surface area contributed by atoms with Crippen LogP contribution in [0.3, 0.4) is 0 Å². The Labute approximate surface area is 126 Å². The Balaban J connectivity index is 1.89. The molecule has 3 nitrogen and oxygen atoms in total. The van der Waals surface area contributed by atoms with Gasteiger partial charge >= 0.3 is 0 Å². The molecule has 0 aliphatic carbocycles. The maximum Gasteiger partial charge on any atom is 0.0511 e. The summed E-state index contributed by atoms with van der Waals surface area (Å²) in [6, 6.07) is 12.9. The van der Waals surface area contributed by atoms with Crippen molar-refractivity contribution in [3.8, 4) is 0 Å². The number of anilines is 1. The number of ether oxygens (including phenoxy) is 1. The highest BCUT2D eigenvalue weighted by atomic mass is 16.5. The maximum absolute atomic E-state index is 5.86. The Kier molecular flexibility index (Phi) is 4.42. The van der Waals surface area contributed by atoms with E-state index in [0.717, 1.165) is 19.8 Å². The van der Waals surface area contributed by atoms with E-state index in [4.69, 9.17) is 10.5 Å². The number of hydrogen-bond acceptors (Lipinski definition) is 3. The summed E-state index contributed by atoms with van der Waals surface area (Å²) in [5, 5.41) is 2.56. The van der Waals surface area contributed by atoms with Crippen LogP contribution in [0.1, 0.15) is 18.4 Å². The average molecular weight is 284 g/mol. The lowest BCUT2D eigenvalue weighted by Gasteiger charge is -2.29. The van der Waals surface area contributed by atoms with Crippen LogP contribution in [0.25, 0.3) is 10.8 Å². The lowest BCUT2D eigenvalue weighted by atomic mass is 9.99. The van der Waals surface area contributed by atoms with Crippen LogP contribution in [-0.4, -0.2) is 26.8 Å². The Bertz CT molecular complexity index is 605. The fraction of sp³-hybridized carbons (Fsp3) is 0.444. The lowest BCUT2D eigenvalue weighted by Crippen LogP contribution is -2.31. The van der Waals surface area contributed by atoms with Crippen molar-refractivity contribution in [2.45, 2.75) is 19.4 Å². The standard InChI is InChI=1S/C18H24N2O/c1-20(12-14-5-4-10-21-13-14)18-9-8-15(11-19)16-6-2-3-7-17(16)18/h2-3,6-9,14H,4-5,10-13,19H2,1H3. The average Bonchev–Trinajstić information content (AvgIpc) is 2.54. The molecule has 0 amide bonds. The van der Waals surface area contributed by atoms with Gasteiger partial charge in [-0.1, -0.05) is 30.3 Å². The quantitative estimate of drug-likeness (QED) is 0.937. The molecule has 1 aliphatic heterocycles. The van der Waals surface area contributed by atoms with E-state index in [0.29, 0.717) is 12.5 Å². The second-order valence-corrected chi connectivity index (χ2v) is 5.96. The molecule has 1 atom stereocenters. The normalized spacial score (nSPS) is 18.9. The van der Waals surface area contributed by atoms with Gasteiger partial charge in [-0.05, 0) is 35.8 Å². The van der Waals surface area contributed by atoms with Crippen molar-refractivity contribution in [3.05, 3.63) is 42.0 Å². The molecule has 0 saturated carbocycles. The molecule has 1 unspecified atom stereocenters. The zero-order chi connectivity index (χ0) is 14.7. The van der Waals surface area contributed by atoms with E-state index in [1.54, 1.807) is 0 Å². The van der Waals surface area contributed by atoms with Crippen LogP contribution in [0.4, 0.5) is 5.69 Å². The molecule has 2 N–H and O–H groups in total. The zero-order valence-corrected chi connectivity index (χ0v) is 12.7. The van der Waals surface area contributed by atoms with Gasteiger partial charge in [-0.3, -0.25) is 0 Å². The number of hydrogen-bond donors (Lipinski definition) is 1. The molecule has 0 aromatic heterocycles. The SMILES string of the molecule is CN(CC1CCCOC1)c1ccc(CN)c2ccccc12.